The van der Waals surface area contributed by atoms with Crippen LogP contribution in [-0.4, -0.2) is 32.1 Å². The quantitative estimate of drug-likeness (QED) is 0.840. The maximum Gasteiger partial charge on any atom is 0.264 e. The van der Waals surface area contributed by atoms with Gasteiger partial charge in [0.15, 0.2) is 11.2 Å². The zero-order valence-corrected chi connectivity index (χ0v) is 15.4. The summed E-state index contributed by atoms with van der Waals surface area (Å²) in [5.74, 6) is -1.24. The number of thioether (sulfide) groups is 1. The highest BCUT2D eigenvalue weighted by molar-refractivity contribution is 8.15. The lowest BCUT2D eigenvalue weighted by Crippen LogP contribution is -2.40. The van der Waals surface area contributed by atoms with Crippen molar-refractivity contribution >= 4 is 50.1 Å². The van der Waals surface area contributed by atoms with Crippen LogP contribution in [0.25, 0.3) is 0 Å². The van der Waals surface area contributed by atoms with E-state index in [4.69, 9.17) is 11.6 Å². The first kappa shape index (κ1) is 17.3. The van der Waals surface area contributed by atoms with Gasteiger partial charge in [-0.15, -0.1) is 0 Å². The van der Waals surface area contributed by atoms with E-state index < -0.39 is 27.8 Å². The van der Waals surface area contributed by atoms with Crippen LogP contribution in [-0.2, 0) is 14.8 Å². The number of rotatable bonds is 3. The molecule has 0 saturated carbocycles. The summed E-state index contributed by atoms with van der Waals surface area (Å²) in [6, 6.07) is 9.55. The van der Waals surface area contributed by atoms with Crippen molar-refractivity contribution in [3.05, 3.63) is 53.3 Å². The van der Waals surface area contributed by atoms with Gasteiger partial charge in [0.25, 0.3) is 15.9 Å². The fourth-order valence-corrected chi connectivity index (χ4v) is 5.13. The predicted molar refractivity (Wildman–Crippen MR) is 97.6 cm³/mol. The van der Waals surface area contributed by atoms with Crippen LogP contribution in [0.4, 0.5) is 10.1 Å². The summed E-state index contributed by atoms with van der Waals surface area (Å²) in [6.45, 7) is 0.160. The van der Waals surface area contributed by atoms with Gasteiger partial charge in [-0.1, -0.05) is 29.8 Å². The number of anilines is 1. The molecule has 26 heavy (non-hydrogen) atoms. The third-order valence-corrected chi connectivity index (χ3v) is 6.93. The van der Waals surface area contributed by atoms with Gasteiger partial charge in [0, 0.05) is 0 Å². The van der Waals surface area contributed by atoms with Gasteiger partial charge in [-0.05, 0) is 36.0 Å². The van der Waals surface area contributed by atoms with Gasteiger partial charge < -0.3 is 4.90 Å². The fourth-order valence-electron chi connectivity index (χ4n) is 2.70. The largest absolute Gasteiger partial charge is 0.317 e. The molecule has 0 spiro atoms. The molecule has 0 bridgehead atoms. The number of amidine groups is 1. The van der Waals surface area contributed by atoms with E-state index in [1.807, 2.05) is 0 Å². The molecule has 4 rings (SSSR count). The Balaban J connectivity index is 1.53. The van der Waals surface area contributed by atoms with Crippen LogP contribution in [0.1, 0.15) is 0 Å². The van der Waals surface area contributed by atoms with Crippen molar-refractivity contribution in [2.45, 2.75) is 15.8 Å². The van der Waals surface area contributed by atoms with E-state index in [1.165, 1.54) is 18.2 Å². The summed E-state index contributed by atoms with van der Waals surface area (Å²) in [7, 11) is -3.96. The predicted octanol–water partition coefficient (Wildman–Crippen LogP) is 2.63. The lowest BCUT2D eigenvalue weighted by Gasteiger charge is -2.15. The van der Waals surface area contributed by atoms with Crippen molar-refractivity contribution in [2.75, 3.05) is 11.4 Å². The molecule has 0 aromatic heterocycles. The van der Waals surface area contributed by atoms with Crippen molar-refractivity contribution in [1.82, 2.24) is 4.72 Å². The Morgan fingerprint density at radius 3 is 2.73 bits per heavy atom. The lowest BCUT2D eigenvalue weighted by molar-refractivity contribution is -0.120. The monoisotopic (exact) mass is 411 g/mol. The van der Waals surface area contributed by atoms with Gasteiger partial charge in [-0.3, -0.25) is 4.79 Å². The summed E-state index contributed by atoms with van der Waals surface area (Å²) in [6.07, 6.45) is 0. The summed E-state index contributed by atoms with van der Waals surface area (Å²) < 4.78 is 40.2. The van der Waals surface area contributed by atoms with Crippen LogP contribution in [0.3, 0.4) is 0 Å². The molecule has 0 aliphatic carbocycles. The Labute approximate surface area is 158 Å². The van der Waals surface area contributed by atoms with Crippen LogP contribution >= 0.6 is 23.4 Å². The van der Waals surface area contributed by atoms with Gasteiger partial charge in [-0.25, -0.2) is 22.5 Å². The molecule has 2 aromatic carbocycles. The Bertz CT molecular complexity index is 1040. The standard InChI is InChI=1S/C16H11ClFN3O3S2/c17-13-10(18)6-7-12-14(13)25-16-19-11(8-21(12)16)15(22)20-26(23,24)9-4-2-1-3-5-9/h1-7,11H,8H2,(H,20,22). The van der Waals surface area contributed by atoms with E-state index in [0.29, 0.717) is 15.8 Å². The number of nitrogens with one attached hydrogen (secondary N) is 1. The van der Waals surface area contributed by atoms with Crippen molar-refractivity contribution in [3.63, 3.8) is 0 Å². The molecule has 0 fully saturated rings. The van der Waals surface area contributed by atoms with Crippen LogP contribution in [0.5, 0.6) is 0 Å². The number of halogens is 2. The first-order chi connectivity index (χ1) is 12.4. The molecule has 2 aliphatic heterocycles. The second-order valence-corrected chi connectivity index (χ2v) is 8.67. The number of fused-ring (bicyclic) bond motifs is 3. The van der Waals surface area contributed by atoms with Crippen molar-refractivity contribution in [1.29, 1.82) is 0 Å². The molecule has 1 atom stereocenters. The van der Waals surface area contributed by atoms with E-state index in [2.05, 4.69) is 9.71 Å². The van der Waals surface area contributed by atoms with Gasteiger partial charge in [0.05, 0.1) is 27.0 Å². The molecular formula is C16H11ClFN3O3S2. The maximum absolute atomic E-state index is 13.6. The van der Waals surface area contributed by atoms with E-state index in [-0.39, 0.29) is 16.5 Å². The van der Waals surface area contributed by atoms with Gasteiger partial charge in [0.2, 0.25) is 0 Å². The number of benzene rings is 2. The lowest BCUT2D eigenvalue weighted by atomic mass is 10.2. The van der Waals surface area contributed by atoms with E-state index in [0.717, 1.165) is 11.8 Å². The third-order valence-electron chi connectivity index (χ3n) is 3.96. The van der Waals surface area contributed by atoms with E-state index >= 15 is 0 Å². The Hall–Kier alpha value is -2.10. The zero-order chi connectivity index (χ0) is 18.5. The van der Waals surface area contributed by atoms with Gasteiger partial charge >= 0.3 is 0 Å². The Kier molecular flexibility index (Phi) is 4.17. The van der Waals surface area contributed by atoms with Gasteiger partial charge in [0.1, 0.15) is 5.82 Å². The highest BCUT2D eigenvalue weighted by Gasteiger charge is 2.39. The van der Waals surface area contributed by atoms with Crippen LogP contribution < -0.4 is 9.62 Å². The second-order valence-electron chi connectivity index (χ2n) is 5.63. The molecule has 6 nitrogen and oxygen atoms in total. The first-order valence-electron chi connectivity index (χ1n) is 7.50. The number of nitrogens with zero attached hydrogens (tertiary/aromatic N) is 2. The molecular weight excluding hydrogens is 401 g/mol. The number of hydrogen-bond donors (Lipinski definition) is 1. The molecule has 2 heterocycles. The molecule has 0 radical (unpaired) electrons. The Morgan fingerprint density at radius 2 is 2.00 bits per heavy atom. The van der Waals surface area contributed by atoms with Gasteiger partial charge in [-0.2, -0.15) is 0 Å². The summed E-state index contributed by atoms with van der Waals surface area (Å²) >= 11 is 7.13. The third kappa shape index (κ3) is 2.85. The smallest absolute Gasteiger partial charge is 0.264 e. The topological polar surface area (TPSA) is 78.8 Å². The highest BCUT2D eigenvalue weighted by atomic mass is 35.5. The summed E-state index contributed by atoms with van der Waals surface area (Å²) in [5.41, 5.74) is 0.654. The second kappa shape index (κ2) is 6.26. The van der Waals surface area contributed by atoms with Crippen LogP contribution in [0.2, 0.25) is 5.02 Å². The van der Waals surface area contributed by atoms with Crippen LogP contribution in [0, 0.1) is 5.82 Å². The number of amides is 1. The number of aliphatic imine (C=N–C) groups is 1. The minimum atomic E-state index is -3.96. The number of carbonyl (C=O) groups excluding carboxylic acids is 1. The first-order valence-corrected chi connectivity index (χ1v) is 10.2. The molecule has 1 amide bonds. The van der Waals surface area contributed by atoms with E-state index in [1.54, 1.807) is 29.2 Å². The van der Waals surface area contributed by atoms with Crippen LogP contribution in [0.15, 0.2) is 57.2 Å². The molecule has 1 N–H and O–H groups in total. The molecule has 1 unspecified atom stereocenters. The summed E-state index contributed by atoms with van der Waals surface area (Å²) in [4.78, 5) is 18.9. The average Bonchev–Trinajstić information content (AvgIpc) is 3.17. The fraction of sp³-hybridized carbons (Fsp3) is 0.125. The number of carbonyl (C=O) groups is 1. The molecule has 0 saturated heterocycles. The molecule has 134 valence electrons. The zero-order valence-electron chi connectivity index (χ0n) is 13.0. The molecule has 2 aliphatic rings. The summed E-state index contributed by atoms with van der Waals surface area (Å²) in [5, 5.41) is 0.502. The normalized spacial score (nSPS) is 18.3. The molecule has 2 aromatic rings. The maximum atomic E-state index is 13.6. The number of hydrogen-bond acceptors (Lipinski definition) is 6. The minimum absolute atomic E-state index is 0.00137. The minimum Gasteiger partial charge on any atom is -0.317 e. The van der Waals surface area contributed by atoms with Crippen molar-refractivity contribution in [3.8, 4) is 0 Å². The van der Waals surface area contributed by atoms with Crippen molar-refractivity contribution in [2.24, 2.45) is 4.99 Å². The Morgan fingerprint density at radius 1 is 1.27 bits per heavy atom. The highest BCUT2D eigenvalue weighted by Crippen LogP contribution is 2.47. The SMILES string of the molecule is O=C(NS(=O)(=O)c1ccccc1)C1CN2C(=N1)Sc1c2ccc(F)c1Cl. The van der Waals surface area contributed by atoms with E-state index in [9.17, 15) is 17.6 Å². The average molecular weight is 412 g/mol. The molecule has 10 heteroatoms. The van der Waals surface area contributed by atoms with Crippen molar-refractivity contribution < 1.29 is 17.6 Å². The number of sulfonamides is 1.